The number of hydrogen-bond donors (Lipinski definition) is 1. The van der Waals surface area contributed by atoms with Gasteiger partial charge < -0.3 is 4.98 Å². The van der Waals surface area contributed by atoms with Crippen molar-refractivity contribution in [2.45, 2.75) is 6.92 Å². The van der Waals surface area contributed by atoms with Crippen LogP contribution >= 0.6 is 38.9 Å². The Morgan fingerprint density at radius 1 is 1.42 bits per heavy atom. The summed E-state index contributed by atoms with van der Waals surface area (Å²) < 4.78 is 0.902. The van der Waals surface area contributed by atoms with Crippen LogP contribution in [0, 0.1) is 6.92 Å². The lowest BCUT2D eigenvalue weighted by Gasteiger charge is -2.00. The first-order chi connectivity index (χ1) is 9.09. The third-order valence-electron chi connectivity index (χ3n) is 3.00. The largest absolute Gasteiger partial charge is 0.360 e. The number of rotatable bonds is 2. The first kappa shape index (κ1) is 12.9. The van der Waals surface area contributed by atoms with Gasteiger partial charge in [-0.15, -0.1) is 11.3 Å². The molecule has 0 aliphatic rings. The molecule has 19 heavy (non-hydrogen) atoms. The summed E-state index contributed by atoms with van der Waals surface area (Å²) in [6.07, 6.45) is 1.74. The van der Waals surface area contributed by atoms with Crippen molar-refractivity contribution >= 4 is 55.6 Å². The summed E-state index contributed by atoms with van der Waals surface area (Å²) in [5.74, 6) is -0.0405. The summed E-state index contributed by atoms with van der Waals surface area (Å²) in [5, 5.41) is 3.35. The fourth-order valence-electron chi connectivity index (χ4n) is 2.02. The summed E-state index contributed by atoms with van der Waals surface area (Å²) >= 11 is 11.1. The highest BCUT2D eigenvalue weighted by Gasteiger charge is 2.20. The molecule has 0 aliphatic carbocycles. The molecule has 0 saturated heterocycles. The molecule has 2 nitrogen and oxygen atoms in total. The third-order valence-corrected chi connectivity index (χ3v) is 5.36. The molecule has 1 aromatic carbocycles. The second-order valence-electron chi connectivity index (χ2n) is 4.26. The van der Waals surface area contributed by atoms with Gasteiger partial charge >= 0.3 is 0 Å². The van der Waals surface area contributed by atoms with E-state index >= 15 is 0 Å². The zero-order valence-corrected chi connectivity index (χ0v) is 13.1. The van der Waals surface area contributed by atoms with Crippen molar-refractivity contribution < 1.29 is 4.79 Å². The molecule has 0 saturated carbocycles. The lowest BCUT2D eigenvalue weighted by atomic mass is 10.1. The molecule has 0 spiro atoms. The van der Waals surface area contributed by atoms with E-state index in [1.807, 2.05) is 30.5 Å². The molecule has 0 unspecified atom stereocenters. The van der Waals surface area contributed by atoms with Gasteiger partial charge in [0.1, 0.15) is 0 Å². The normalized spacial score (nSPS) is 11.1. The van der Waals surface area contributed by atoms with Gasteiger partial charge in [-0.3, -0.25) is 4.79 Å². The summed E-state index contributed by atoms with van der Waals surface area (Å²) in [5.41, 5.74) is 2.52. The average molecular weight is 355 g/mol. The number of thiophene rings is 1. The second-order valence-corrected chi connectivity index (χ2v) is 6.37. The molecule has 96 valence electrons. The van der Waals surface area contributed by atoms with Crippen molar-refractivity contribution in [2.24, 2.45) is 0 Å². The quantitative estimate of drug-likeness (QED) is 0.632. The van der Waals surface area contributed by atoms with Crippen molar-refractivity contribution in [3.63, 3.8) is 0 Å². The Bertz CT molecular complexity index is 790. The molecule has 0 bridgehead atoms. The predicted molar refractivity (Wildman–Crippen MR) is 83.5 cm³/mol. The summed E-state index contributed by atoms with van der Waals surface area (Å²) in [6, 6.07) is 5.80. The van der Waals surface area contributed by atoms with Crippen LogP contribution in [-0.2, 0) is 0 Å². The monoisotopic (exact) mass is 353 g/mol. The van der Waals surface area contributed by atoms with Crippen LogP contribution in [0.2, 0.25) is 5.02 Å². The number of aromatic amines is 1. The maximum absolute atomic E-state index is 12.6. The van der Waals surface area contributed by atoms with E-state index in [0.717, 1.165) is 20.9 Å². The second kappa shape index (κ2) is 4.78. The molecule has 0 radical (unpaired) electrons. The zero-order valence-electron chi connectivity index (χ0n) is 9.96. The minimum absolute atomic E-state index is 0.0405. The van der Waals surface area contributed by atoms with Gasteiger partial charge in [0.25, 0.3) is 0 Å². The van der Waals surface area contributed by atoms with E-state index < -0.39 is 0 Å². The smallest absolute Gasteiger partial charge is 0.206 e. The number of halogens is 2. The van der Waals surface area contributed by atoms with Crippen LogP contribution < -0.4 is 0 Å². The molecule has 0 fully saturated rings. The Labute approximate surface area is 127 Å². The highest BCUT2D eigenvalue weighted by atomic mass is 79.9. The Kier molecular flexibility index (Phi) is 3.25. The number of H-pyrrole nitrogens is 1. The van der Waals surface area contributed by atoms with Gasteiger partial charge in [-0.05, 0) is 30.0 Å². The van der Waals surface area contributed by atoms with Crippen molar-refractivity contribution in [1.29, 1.82) is 0 Å². The third kappa shape index (κ3) is 2.04. The molecule has 0 amide bonds. The van der Waals surface area contributed by atoms with E-state index in [1.54, 1.807) is 6.20 Å². The van der Waals surface area contributed by atoms with E-state index in [0.29, 0.717) is 15.5 Å². The van der Waals surface area contributed by atoms with Gasteiger partial charge in [-0.1, -0.05) is 33.6 Å². The van der Waals surface area contributed by atoms with Gasteiger partial charge in [0.15, 0.2) is 0 Å². The van der Waals surface area contributed by atoms with Gasteiger partial charge in [0, 0.05) is 27.1 Å². The van der Waals surface area contributed by atoms with Crippen LogP contribution in [0.25, 0.3) is 10.9 Å². The average Bonchev–Trinajstić information content (AvgIpc) is 2.95. The van der Waals surface area contributed by atoms with Crippen LogP contribution in [0.15, 0.2) is 34.2 Å². The van der Waals surface area contributed by atoms with Crippen LogP contribution in [0.5, 0.6) is 0 Å². The lowest BCUT2D eigenvalue weighted by molar-refractivity contribution is 0.104. The topological polar surface area (TPSA) is 32.9 Å². The van der Waals surface area contributed by atoms with Crippen molar-refractivity contribution in [2.75, 3.05) is 0 Å². The molecule has 2 heterocycles. The Balaban J connectivity index is 2.20. The number of aryl methyl sites for hydroxylation is 1. The lowest BCUT2D eigenvalue weighted by Crippen LogP contribution is -1.98. The number of benzene rings is 1. The number of ketones is 1. The summed E-state index contributed by atoms with van der Waals surface area (Å²) in [4.78, 5) is 16.3. The fraction of sp³-hybridized carbons (Fsp3) is 0.0714. The van der Waals surface area contributed by atoms with Crippen LogP contribution in [0.3, 0.4) is 0 Å². The Morgan fingerprint density at radius 2 is 2.21 bits per heavy atom. The number of nitrogens with one attached hydrogen (secondary N) is 1. The number of fused-ring (bicyclic) bond motifs is 1. The highest BCUT2D eigenvalue weighted by molar-refractivity contribution is 9.10. The minimum Gasteiger partial charge on any atom is -0.360 e. The number of carbonyl (C=O) groups excluding carboxylic acids is 1. The Hall–Kier alpha value is -1.10. The van der Waals surface area contributed by atoms with Gasteiger partial charge in [0.2, 0.25) is 5.78 Å². The maximum atomic E-state index is 12.6. The Morgan fingerprint density at radius 3 is 2.89 bits per heavy atom. The van der Waals surface area contributed by atoms with Crippen LogP contribution in [0.4, 0.5) is 0 Å². The number of carbonyl (C=O) groups is 1. The predicted octanol–water partition coefficient (Wildman–Crippen LogP) is 5.18. The van der Waals surface area contributed by atoms with Gasteiger partial charge in [-0.25, -0.2) is 0 Å². The molecular weight excluding hydrogens is 346 g/mol. The van der Waals surface area contributed by atoms with Crippen LogP contribution in [0.1, 0.15) is 20.8 Å². The SMILES string of the molecule is Cc1csc(C(=O)c2c[nH]c3cccc(Br)c23)c1Cl. The van der Waals surface area contributed by atoms with Crippen LogP contribution in [-0.4, -0.2) is 10.8 Å². The van der Waals surface area contributed by atoms with Gasteiger partial charge in [0.05, 0.1) is 9.90 Å². The number of hydrogen-bond acceptors (Lipinski definition) is 2. The van der Waals surface area contributed by atoms with E-state index in [9.17, 15) is 4.79 Å². The van der Waals surface area contributed by atoms with Crippen molar-refractivity contribution in [3.8, 4) is 0 Å². The molecule has 3 rings (SSSR count). The molecule has 0 aliphatic heterocycles. The first-order valence-electron chi connectivity index (χ1n) is 5.63. The number of aromatic nitrogens is 1. The van der Waals surface area contributed by atoms with E-state index in [1.165, 1.54) is 11.3 Å². The van der Waals surface area contributed by atoms with E-state index in [2.05, 4.69) is 20.9 Å². The first-order valence-corrected chi connectivity index (χ1v) is 7.68. The summed E-state index contributed by atoms with van der Waals surface area (Å²) in [6.45, 7) is 1.90. The fourth-order valence-corrected chi connectivity index (χ4v) is 3.84. The molecule has 5 heteroatoms. The van der Waals surface area contributed by atoms with Crippen molar-refractivity contribution in [1.82, 2.24) is 4.98 Å². The van der Waals surface area contributed by atoms with E-state index in [4.69, 9.17) is 11.6 Å². The molecular formula is C14H9BrClNOS. The zero-order chi connectivity index (χ0) is 13.6. The standard InChI is InChI=1S/C14H9BrClNOS/c1-7-6-19-14(12(7)16)13(18)8-5-17-10-4-2-3-9(15)11(8)10/h2-6,17H,1H3. The van der Waals surface area contributed by atoms with Crippen molar-refractivity contribution in [3.05, 3.63) is 55.3 Å². The summed E-state index contributed by atoms with van der Waals surface area (Å²) in [7, 11) is 0. The molecule has 3 aromatic rings. The van der Waals surface area contributed by atoms with Gasteiger partial charge in [-0.2, -0.15) is 0 Å². The molecule has 1 N–H and O–H groups in total. The minimum atomic E-state index is -0.0405. The van der Waals surface area contributed by atoms with E-state index in [-0.39, 0.29) is 5.78 Å². The maximum Gasteiger partial charge on any atom is 0.206 e. The highest BCUT2D eigenvalue weighted by Crippen LogP contribution is 2.33. The molecule has 2 aromatic heterocycles. The molecule has 0 atom stereocenters.